The number of carbonyl (C=O) groups is 1. The van der Waals surface area contributed by atoms with Gasteiger partial charge in [-0.3, -0.25) is 4.79 Å². The van der Waals surface area contributed by atoms with Crippen LogP contribution >= 0.6 is 0 Å². The third-order valence-electron chi connectivity index (χ3n) is 4.54. The summed E-state index contributed by atoms with van der Waals surface area (Å²) in [5.74, 6) is 1.71. The van der Waals surface area contributed by atoms with Crippen molar-refractivity contribution in [1.29, 1.82) is 0 Å². The van der Waals surface area contributed by atoms with E-state index in [-0.39, 0.29) is 18.4 Å². The van der Waals surface area contributed by atoms with Gasteiger partial charge in [0.2, 0.25) is 5.91 Å². The number of aliphatic hydroxyl groups excluding tert-OH is 1. The number of benzene rings is 1. The van der Waals surface area contributed by atoms with Crippen molar-refractivity contribution in [3.05, 3.63) is 35.4 Å². The van der Waals surface area contributed by atoms with Crippen molar-refractivity contribution in [2.45, 2.75) is 65.7 Å². The van der Waals surface area contributed by atoms with E-state index in [9.17, 15) is 4.79 Å². The lowest BCUT2D eigenvalue weighted by Crippen LogP contribution is -2.27. The minimum Gasteiger partial charge on any atom is -0.395 e. The molecule has 2 unspecified atom stereocenters. The fraction of sp³-hybridized carbons (Fsp3) is 0.667. The summed E-state index contributed by atoms with van der Waals surface area (Å²) in [6.45, 7) is 9.30. The maximum Gasteiger partial charge on any atom is 0.220 e. The van der Waals surface area contributed by atoms with Gasteiger partial charge in [0.15, 0.2) is 0 Å². The van der Waals surface area contributed by atoms with Crippen LogP contribution in [0.25, 0.3) is 0 Å². The summed E-state index contributed by atoms with van der Waals surface area (Å²) in [6, 6.07) is 8.72. The molecule has 0 spiro atoms. The van der Waals surface area contributed by atoms with E-state index in [4.69, 9.17) is 5.11 Å². The largest absolute Gasteiger partial charge is 0.395 e. The first-order valence-electron chi connectivity index (χ1n) is 9.38. The molecule has 3 nitrogen and oxygen atoms in total. The molecule has 136 valence electrons. The van der Waals surface area contributed by atoms with Crippen LogP contribution < -0.4 is 5.32 Å². The Hall–Kier alpha value is -1.35. The maximum atomic E-state index is 11.7. The van der Waals surface area contributed by atoms with Crippen molar-refractivity contribution in [3.63, 3.8) is 0 Å². The molecule has 24 heavy (non-hydrogen) atoms. The summed E-state index contributed by atoms with van der Waals surface area (Å²) in [6.07, 6.45) is 5.52. The third kappa shape index (κ3) is 8.49. The Morgan fingerprint density at radius 2 is 1.75 bits per heavy atom. The second-order valence-corrected chi connectivity index (χ2v) is 7.55. The van der Waals surface area contributed by atoms with Crippen LogP contribution in [0.2, 0.25) is 0 Å². The first-order valence-corrected chi connectivity index (χ1v) is 9.38. The molecule has 2 N–H and O–H groups in total. The molecule has 0 heterocycles. The molecule has 1 aromatic carbocycles. The molecule has 0 aromatic heterocycles. The van der Waals surface area contributed by atoms with Crippen LogP contribution in [0.5, 0.6) is 0 Å². The van der Waals surface area contributed by atoms with Gasteiger partial charge in [-0.15, -0.1) is 0 Å². The predicted octanol–water partition coefficient (Wildman–Crippen LogP) is 4.29. The van der Waals surface area contributed by atoms with Gasteiger partial charge in [-0.1, -0.05) is 71.2 Å². The Balaban J connectivity index is 2.42. The third-order valence-corrected chi connectivity index (χ3v) is 4.54. The highest BCUT2D eigenvalue weighted by molar-refractivity contribution is 5.76. The highest BCUT2D eigenvalue weighted by atomic mass is 16.3. The van der Waals surface area contributed by atoms with E-state index in [1.54, 1.807) is 0 Å². The zero-order valence-corrected chi connectivity index (χ0v) is 15.8. The van der Waals surface area contributed by atoms with Crippen molar-refractivity contribution in [2.24, 2.45) is 11.8 Å². The number of nitrogens with one attached hydrogen (secondary N) is 1. The first kappa shape index (κ1) is 20.7. The number of amides is 1. The number of hydrogen-bond donors (Lipinski definition) is 2. The molecule has 0 aliphatic carbocycles. The van der Waals surface area contributed by atoms with E-state index < -0.39 is 0 Å². The summed E-state index contributed by atoms with van der Waals surface area (Å²) in [5, 5.41) is 11.4. The van der Waals surface area contributed by atoms with E-state index in [1.165, 1.54) is 30.4 Å². The molecule has 3 heteroatoms. The molecule has 0 saturated carbocycles. The second-order valence-electron chi connectivity index (χ2n) is 7.55. The van der Waals surface area contributed by atoms with E-state index >= 15 is 0 Å². The van der Waals surface area contributed by atoms with Crippen LogP contribution in [0, 0.1) is 11.8 Å². The number of carbonyl (C=O) groups excluding carboxylic acids is 1. The summed E-state index contributed by atoms with van der Waals surface area (Å²) in [7, 11) is 0. The molecule has 0 saturated heterocycles. The molecule has 1 rings (SSSR count). The minimum atomic E-state index is -0.00975. The molecule has 0 bridgehead atoms. The van der Waals surface area contributed by atoms with Crippen molar-refractivity contribution < 1.29 is 9.90 Å². The van der Waals surface area contributed by atoms with Gasteiger partial charge in [0.1, 0.15) is 0 Å². The number of hydrogen-bond acceptors (Lipinski definition) is 2. The number of rotatable bonds is 11. The predicted molar refractivity (Wildman–Crippen MR) is 101 cm³/mol. The smallest absolute Gasteiger partial charge is 0.220 e. The lowest BCUT2D eigenvalue weighted by Gasteiger charge is -2.15. The molecule has 0 aliphatic heterocycles. The Kier molecular flexibility index (Phi) is 9.70. The Labute approximate surface area is 147 Å². The lowest BCUT2D eigenvalue weighted by atomic mass is 9.92. The van der Waals surface area contributed by atoms with Gasteiger partial charge >= 0.3 is 0 Å². The second kappa shape index (κ2) is 11.2. The molecular formula is C21H35NO2. The number of aliphatic hydroxyl groups is 1. The van der Waals surface area contributed by atoms with Crippen molar-refractivity contribution in [1.82, 2.24) is 5.32 Å². The monoisotopic (exact) mass is 333 g/mol. The lowest BCUT2D eigenvalue weighted by molar-refractivity contribution is -0.121. The van der Waals surface area contributed by atoms with Gasteiger partial charge < -0.3 is 10.4 Å². The normalized spacial score (nSPS) is 13.8. The molecule has 1 aromatic rings. The van der Waals surface area contributed by atoms with Crippen LogP contribution in [0.1, 0.15) is 70.4 Å². The van der Waals surface area contributed by atoms with Gasteiger partial charge in [0.05, 0.1) is 6.61 Å². The van der Waals surface area contributed by atoms with E-state index in [2.05, 4.69) is 57.3 Å². The van der Waals surface area contributed by atoms with Gasteiger partial charge in [0, 0.05) is 13.0 Å². The van der Waals surface area contributed by atoms with E-state index in [0.29, 0.717) is 13.0 Å². The van der Waals surface area contributed by atoms with Gasteiger partial charge in [0.25, 0.3) is 0 Å². The molecule has 0 fully saturated rings. The van der Waals surface area contributed by atoms with Crippen LogP contribution in [0.4, 0.5) is 0 Å². The quantitative estimate of drug-likeness (QED) is 0.634. The SMILES string of the molecule is CC(C)CCCC(C)Cc1ccc(C(C)CC(=O)NCCO)cc1. The fourth-order valence-electron chi connectivity index (χ4n) is 3.02. The Morgan fingerprint density at radius 1 is 1.08 bits per heavy atom. The van der Waals surface area contributed by atoms with E-state index in [1.807, 2.05) is 0 Å². The Bertz CT molecular complexity index is 467. The van der Waals surface area contributed by atoms with Crippen LogP contribution in [0.3, 0.4) is 0 Å². The first-order chi connectivity index (χ1) is 11.4. The van der Waals surface area contributed by atoms with Crippen molar-refractivity contribution in [3.8, 4) is 0 Å². The van der Waals surface area contributed by atoms with Crippen molar-refractivity contribution >= 4 is 5.91 Å². The summed E-state index contributed by atoms with van der Waals surface area (Å²) >= 11 is 0. The van der Waals surface area contributed by atoms with Crippen LogP contribution in [-0.4, -0.2) is 24.2 Å². The Morgan fingerprint density at radius 3 is 2.33 bits per heavy atom. The van der Waals surface area contributed by atoms with Crippen LogP contribution in [-0.2, 0) is 11.2 Å². The molecule has 2 atom stereocenters. The minimum absolute atomic E-state index is 0.000554. The highest BCUT2D eigenvalue weighted by Gasteiger charge is 2.11. The zero-order chi connectivity index (χ0) is 17.9. The highest BCUT2D eigenvalue weighted by Crippen LogP contribution is 2.22. The summed E-state index contributed by atoms with van der Waals surface area (Å²) in [5.41, 5.74) is 2.58. The van der Waals surface area contributed by atoms with Crippen molar-refractivity contribution in [2.75, 3.05) is 13.2 Å². The van der Waals surface area contributed by atoms with Gasteiger partial charge in [-0.2, -0.15) is 0 Å². The molecule has 0 aliphatic rings. The summed E-state index contributed by atoms with van der Waals surface area (Å²) in [4.78, 5) is 11.7. The average molecular weight is 334 g/mol. The van der Waals surface area contributed by atoms with Gasteiger partial charge in [-0.05, 0) is 35.3 Å². The average Bonchev–Trinajstić information content (AvgIpc) is 2.53. The standard InChI is InChI=1S/C21H35NO2/c1-16(2)6-5-7-17(3)14-19-8-10-20(11-9-19)18(4)15-21(24)22-12-13-23/h8-11,16-18,23H,5-7,12-15H2,1-4H3,(H,22,24). The van der Waals surface area contributed by atoms with E-state index in [0.717, 1.165) is 18.3 Å². The van der Waals surface area contributed by atoms with Gasteiger partial charge in [-0.25, -0.2) is 0 Å². The van der Waals surface area contributed by atoms with Crippen LogP contribution in [0.15, 0.2) is 24.3 Å². The molecular weight excluding hydrogens is 298 g/mol. The summed E-state index contributed by atoms with van der Waals surface area (Å²) < 4.78 is 0. The zero-order valence-electron chi connectivity index (χ0n) is 15.8. The molecule has 0 radical (unpaired) electrons. The maximum absolute atomic E-state index is 11.7. The fourth-order valence-corrected chi connectivity index (χ4v) is 3.02. The topological polar surface area (TPSA) is 49.3 Å². The molecule has 1 amide bonds.